The van der Waals surface area contributed by atoms with Crippen LogP contribution >= 0.6 is 0 Å². The van der Waals surface area contributed by atoms with Crippen molar-refractivity contribution in [3.8, 4) is 0 Å². The molecule has 0 saturated carbocycles. The van der Waals surface area contributed by atoms with Crippen LogP contribution in [0.1, 0.15) is 46.0 Å². The van der Waals surface area contributed by atoms with E-state index in [2.05, 4.69) is 6.92 Å². The van der Waals surface area contributed by atoms with Gasteiger partial charge in [0.15, 0.2) is 0 Å². The molecule has 3 heteroatoms. The van der Waals surface area contributed by atoms with Crippen molar-refractivity contribution in [1.82, 2.24) is 4.90 Å². The molecular formula is C12H24N2O. The van der Waals surface area contributed by atoms with Gasteiger partial charge in [0.05, 0.1) is 0 Å². The third-order valence-corrected chi connectivity index (χ3v) is 3.30. The van der Waals surface area contributed by atoms with Crippen molar-refractivity contribution in [1.29, 1.82) is 0 Å². The zero-order chi connectivity index (χ0) is 11.3. The number of hydrogen-bond acceptors (Lipinski definition) is 2. The normalized spacial score (nSPS) is 23.1. The minimum absolute atomic E-state index is 0.0442. The lowest BCUT2D eigenvalue weighted by Gasteiger charge is -2.18. The van der Waals surface area contributed by atoms with Crippen LogP contribution in [-0.4, -0.2) is 29.9 Å². The van der Waals surface area contributed by atoms with Gasteiger partial charge in [-0.15, -0.1) is 0 Å². The number of carbonyl (C=O) groups excluding carboxylic acids is 1. The Morgan fingerprint density at radius 1 is 1.53 bits per heavy atom. The fourth-order valence-corrected chi connectivity index (χ4v) is 2.20. The number of rotatable bonds is 5. The van der Waals surface area contributed by atoms with E-state index in [1.54, 1.807) is 0 Å². The summed E-state index contributed by atoms with van der Waals surface area (Å²) < 4.78 is 0. The van der Waals surface area contributed by atoms with Crippen LogP contribution in [0.2, 0.25) is 0 Å². The van der Waals surface area contributed by atoms with Crippen molar-refractivity contribution in [2.75, 3.05) is 13.1 Å². The molecular weight excluding hydrogens is 188 g/mol. The average Bonchev–Trinajstić information content (AvgIpc) is 2.67. The number of carbonyl (C=O) groups is 1. The summed E-state index contributed by atoms with van der Waals surface area (Å²) in [6, 6.07) is 0.0442. The van der Waals surface area contributed by atoms with Gasteiger partial charge in [0.2, 0.25) is 5.91 Å². The summed E-state index contributed by atoms with van der Waals surface area (Å²) in [6.45, 7) is 6.14. The van der Waals surface area contributed by atoms with Crippen molar-refractivity contribution in [3.63, 3.8) is 0 Å². The summed E-state index contributed by atoms with van der Waals surface area (Å²) in [5.41, 5.74) is 5.79. The van der Waals surface area contributed by atoms with Gasteiger partial charge in [-0.1, -0.05) is 20.3 Å². The van der Waals surface area contributed by atoms with Crippen molar-refractivity contribution >= 4 is 5.91 Å². The highest BCUT2D eigenvalue weighted by molar-refractivity contribution is 5.77. The molecule has 2 unspecified atom stereocenters. The van der Waals surface area contributed by atoms with E-state index in [4.69, 9.17) is 5.73 Å². The molecule has 1 fully saturated rings. The zero-order valence-corrected chi connectivity index (χ0v) is 10.0. The predicted molar refractivity (Wildman–Crippen MR) is 62.5 cm³/mol. The molecule has 88 valence electrons. The van der Waals surface area contributed by atoms with Gasteiger partial charge in [-0.3, -0.25) is 4.79 Å². The van der Waals surface area contributed by atoms with Crippen LogP contribution in [0.15, 0.2) is 0 Å². The molecule has 2 N–H and O–H groups in total. The highest BCUT2D eigenvalue weighted by Crippen LogP contribution is 2.21. The van der Waals surface area contributed by atoms with E-state index in [1.807, 2.05) is 11.8 Å². The van der Waals surface area contributed by atoms with Gasteiger partial charge in [0, 0.05) is 25.6 Å². The molecule has 0 bridgehead atoms. The molecule has 0 aromatic carbocycles. The standard InChI is InChI=1S/C12H24N2O/c1-3-5-10-6-7-14(9-10)12(15)8-11(13)4-2/h10-11H,3-9,13H2,1-2H3. The Kier molecular flexibility index (Phi) is 5.09. The largest absolute Gasteiger partial charge is 0.342 e. The van der Waals surface area contributed by atoms with E-state index in [0.717, 1.165) is 25.4 Å². The van der Waals surface area contributed by atoms with Gasteiger partial charge in [0.1, 0.15) is 0 Å². The van der Waals surface area contributed by atoms with Crippen LogP contribution in [-0.2, 0) is 4.79 Å². The first-order chi connectivity index (χ1) is 7.17. The first kappa shape index (κ1) is 12.5. The topological polar surface area (TPSA) is 46.3 Å². The Balaban J connectivity index is 2.30. The third-order valence-electron chi connectivity index (χ3n) is 3.30. The maximum absolute atomic E-state index is 11.8. The molecule has 0 spiro atoms. The lowest BCUT2D eigenvalue weighted by atomic mass is 10.0. The van der Waals surface area contributed by atoms with Crippen molar-refractivity contribution in [2.45, 2.75) is 52.0 Å². The number of nitrogens with zero attached hydrogens (tertiary/aromatic N) is 1. The Hall–Kier alpha value is -0.570. The summed E-state index contributed by atoms with van der Waals surface area (Å²) in [5.74, 6) is 0.986. The van der Waals surface area contributed by atoms with Crippen molar-refractivity contribution in [3.05, 3.63) is 0 Å². The van der Waals surface area contributed by atoms with Crippen LogP contribution in [0.5, 0.6) is 0 Å². The minimum Gasteiger partial charge on any atom is -0.342 e. The van der Waals surface area contributed by atoms with Gasteiger partial charge < -0.3 is 10.6 Å². The molecule has 1 saturated heterocycles. The second-order valence-electron chi connectivity index (χ2n) is 4.66. The monoisotopic (exact) mass is 212 g/mol. The summed E-state index contributed by atoms with van der Waals surface area (Å²) in [5, 5.41) is 0. The molecule has 1 amide bonds. The maximum Gasteiger partial charge on any atom is 0.224 e. The highest BCUT2D eigenvalue weighted by Gasteiger charge is 2.25. The van der Waals surface area contributed by atoms with Crippen molar-refractivity contribution < 1.29 is 4.79 Å². The molecule has 0 aliphatic carbocycles. The van der Waals surface area contributed by atoms with Crippen LogP contribution in [0.25, 0.3) is 0 Å². The van der Waals surface area contributed by atoms with Crippen LogP contribution in [0, 0.1) is 5.92 Å². The van der Waals surface area contributed by atoms with Crippen LogP contribution in [0.4, 0.5) is 0 Å². The Morgan fingerprint density at radius 3 is 2.87 bits per heavy atom. The molecule has 2 atom stereocenters. The van der Waals surface area contributed by atoms with Gasteiger partial charge >= 0.3 is 0 Å². The van der Waals surface area contributed by atoms with E-state index >= 15 is 0 Å². The van der Waals surface area contributed by atoms with E-state index in [1.165, 1.54) is 19.3 Å². The molecule has 0 aromatic heterocycles. The summed E-state index contributed by atoms with van der Waals surface area (Å²) in [4.78, 5) is 13.8. The first-order valence-corrected chi connectivity index (χ1v) is 6.20. The molecule has 15 heavy (non-hydrogen) atoms. The Morgan fingerprint density at radius 2 is 2.27 bits per heavy atom. The number of amides is 1. The second kappa shape index (κ2) is 6.11. The number of nitrogens with two attached hydrogens (primary N) is 1. The molecule has 1 aliphatic heterocycles. The zero-order valence-electron chi connectivity index (χ0n) is 10.0. The van der Waals surface area contributed by atoms with E-state index in [-0.39, 0.29) is 11.9 Å². The predicted octanol–water partition coefficient (Wildman–Crippen LogP) is 1.76. The fourth-order valence-electron chi connectivity index (χ4n) is 2.20. The van der Waals surface area contributed by atoms with Gasteiger partial charge in [0.25, 0.3) is 0 Å². The van der Waals surface area contributed by atoms with E-state index < -0.39 is 0 Å². The molecule has 3 nitrogen and oxygen atoms in total. The minimum atomic E-state index is 0.0442. The van der Waals surface area contributed by atoms with Crippen LogP contribution in [0.3, 0.4) is 0 Å². The molecule has 0 aromatic rings. The summed E-state index contributed by atoms with van der Waals surface area (Å²) in [6.07, 6.45) is 5.07. The second-order valence-corrected chi connectivity index (χ2v) is 4.66. The lowest BCUT2D eigenvalue weighted by molar-refractivity contribution is -0.130. The van der Waals surface area contributed by atoms with E-state index in [0.29, 0.717) is 6.42 Å². The van der Waals surface area contributed by atoms with Crippen molar-refractivity contribution in [2.24, 2.45) is 11.7 Å². The maximum atomic E-state index is 11.8. The SMILES string of the molecule is CCCC1CCN(C(=O)CC(N)CC)C1. The Bertz CT molecular complexity index is 206. The molecule has 1 rings (SSSR count). The number of likely N-dealkylation sites (tertiary alicyclic amines) is 1. The molecule has 0 radical (unpaired) electrons. The number of hydrogen-bond donors (Lipinski definition) is 1. The highest BCUT2D eigenvalue weighted by atomic mass is 16.2. The average molecular weight is 212 g/mol. The van der Waals surface area contributed by atoms with E-state index in [9.17, 15) is 4.79 Å². The third kappa shape index (κ3) is 3.82. The van der Waals surface area contributed by atoms with Crippen LogP contribution < -0.4 is 5.73 Å². The molecule has 1 aliphatic rings. The van der Waals surface area contributed by atoms with Gasteiger partial charge in [-0.2, -0.15) is 0 Å². The fraction of sp³-hybridized carbons (Fsp3) is 0.917. The molecule has 1 heterocycles. The summed E-state index contributed by atoms with van der Waals surface area (Å²) in [7, 11) is 0. The quantitative estimate of drug-likeness (QED) is 0.755. The lowest BCUT2D eigenvalue weighted by Crippen LogP contribution is -2.34. The smallest absolute Gasteiger partial charge is 0.224 e. The van der Waals surface area contributed by atoms with Gasteiger partial charge in [-0.25, -0.2) is 0 Å². The Labute approximate surface area is 93.0 Å². The van der Waals surface area contributed by atoms with Gasteiger partial charge in [-0.05, 0) is 25.2 Å². The first-order valence-electron chi connectivity index (χ1n) is 6.20. The summed E-state index contributed by atoms with van der Waals surface area (Å²) >= 11 is 0.